The average molecular weight is 1360 g/mol. The molecule has 2 unspecified atom stereocenters. The molecule has 4 aliphatic rings. The molecule has 4 fully saturated rings. The first kappa shape index (κ1) is 66.9. The lowest BCUT2D eigenvalue weighted by atomic mass is 10.0. The predicted molar refractivity (Wildman–Crippen MR) is 382 cm³/mol. The number of para-hydroxylation sites is 2. The molecule has 2 saturated heterocycles. The van der Waals surface area contributed by atoms with Gasteiger partial charge in [-0.2, -0.15) is 29.8 Å². The number of aryl methyl sites for hydroxylation is 5. The standard InChI is InChI=1S/C22H20N4O4.C19H20N4O.C18H20FN5.C17H17N5O/c27-21-19-16(25-26(18-11-6-12-29-18)20(19)23-22(28)24-21)13-14-7-4-5-10-17(14)30-15-8-2-1-3-9-15;1-12-6-5-7-14(10-12)18(24)17-16-11-20-13(2)21-19(16)23(22-17)15-8-3-4-9-15;1-11-6-5-7-13(10-11)21-16-15-12(2)20-18(19)22-17(15)24(23-16)14-8-3-4-9-14;1-11-2-4-12(5-3-11)16(23)15-14-9-19-10-20-17(14)22(21-15)13-6-7-18-8-13/h1-5,7-10,18H,6,11-13H2,(H2,23,24,27,28);5-7,10-11,15H,3-4,8-9H2,1-2H3;5-7,10,14H,3-4,8-9H2,1-2H3,(H,21,23);2-5,9-10,13,18H,6-8H2,1H3. The number of fused-ring (bicyclic) bond motifs is 4. The first-order valence-electron chi connectivity index (χ1n) is 34.4. The normalized spacial score (nSPS) is 16.1. The van der Waals surface area contributed by atoms with Gasteiger partial charge in [0.25, 0.3) is 5.56 Å². The van der Waals surface area contributed by atoms with E-state index < -0.39 is 17.3 Å². The zero-order chi connectivity index (χ0) is 69.7. The zero-order valence-electron chi connectivity index (χ0n) is 56.9. The van der Waals surface area contributed by atoms with E-state index in [2.05, 4.69) is 71.9 Å². The summed E-state index contributed by atoms with van der Waals surface area (Å²) in [7, 11) is 0. The van der Waals surface area contributed by atoms with Crippen LogP contribution in [0.3, 0.4) is 0 Å². The number of ether oxygens (including phenoxy) is 2. The van der Waals surface area contributed by atoms with Gasteiger partial charge >= 0.3 is 11.8 Å². The summed E-state index contributed by atoms with van der Waals surface area (Å²) in [5.41, 5.74) is 9.98. The van der Waals surface area contributed by atoms with Gasteiger partial charge in [0.05, 0.1) is 45.7 Å². The fourth-order valence-corrected chi connectivity index (χ4v) is 13.8. The molecule has 2 aliphatic carbocycles. The second-order valence-electron chi connectivity index (χ2n) is 26.2. The topological polar surface area (TPSA) is 291 Å². The Kier molecular flexibility index (Phi) is 19.6. The minimum Gasteiger partial charge on any atom is -0.457 e. The van der Waals surface area contributed by atoms with Gasteiger partial charge in [0.2, 0.25) is 11.6 Å². The van der Waals surface area contributed by atoms with E-state index in [1.165, 1.54) is 37.6 Å². The molecule has 514 valence electrons. The van der Waals surface area contributed by atoms with Crippen LogP contribution >= 0.6 is 0 Å². The molecule has 24 nitrogen and oxygen atoms in total. The number of hydrogen-bond donors (Lipinski definition) is 4. The third kappa shape index (κ3) is 14.6. The van der Waals surface area contributed by atoms with Crippen molar-refractivity contribution in [2.45, 2.75) is 136 Å². The monoisotopic (exact) mass is 1360 g/mol. The van der Waals surface area contributed by atoms with Crippen LogP contribution in [-0.4, -0.2) is 110 Å². The van der Waals surface area contributed by atoms with E-state index in [4.69, 9.17) is 14.6 Å². The van der Waals surface area contributed by atoms with Gasteiger partial charge in [0.1, 0.15) is 46.1 Å². The van der Waals surface area contributed by atoms with Gasteiger partial charge in [-0.1, -0.05) is 128 Å². The highest BCUT2D eigenvalue weighted by Gasteiger charge is 2.30. The molecule has 10 heterocycles. The van der Waals surface area contributed by atoms with Crippen LogP contribution in [0.25, 0.3) is 44.1 Å². The molecule has 0 radical (unpaired) electrons. The van der Waals surface area contributed by atoms with Crippen LogP contribution in [0, 0.1) is 40.7 Å². The first-order chi connectivity index (χ1) is 49.2. The highest BCUT2D eigenvalue weighted by Crippen LogP contribution is 2.37. The van der Waals surface area contributed by atoms with Crippen LogP contribution in [0.2, 0.25) is 0 Å². The van der Waals surface area contributed by atoms with E-state index in [-0.39, 0.29) is 29.9 Å². The smallest absolute Gasteiger partial charge is 0.327 e. The molecule has 13 aromatic rings. The first-order valence-corrected chi connectivity index (χ1v) is 34.4. The van der Waals surface area contributed by atoms with Gasteiger partial charge in [0.15, 0.2) is 29.0 Å². The van der Waals surface area contributed by atoms with Crippen LogP contribution in [0.5, 0.6) is 11.5 Å². The summed E-state index contributed by atoms with van der Waals surface area (Å²) in [6.07, 6.45) is 16.0. The number of nitrogens with one attached hydrogen (secondary N) is 4. The Labute approximate surface area is 579 Å². The van der Waals surface area contributed by atoms with Crippen molar-refractivity contribution < 1.29 is 23.5 Å². The van der Waals surface area contributed by atoms with E-state index in [1.807, 2.05) is 163 Å². The number of ketones is 2. The molecule has 2 atom stereocenters. The molecule has 4 N–H and O–H groups in total. The fraction of sp³-hybridized carbons (Fsp3) is 0.316. The SMILES string of the molecule is Cc1ccc(C(=O)c2nn(C3CCNC3)c3ncncc23)cc1.Cc1cccc(C(=O)c2nn(C3CCCC3)c3nc(C)ncc23)c1.Cc1cccc(Nc2nn(C3CCCC3)c3nc(F)nc(C)c23)c1.O=c1[nH]c(=O)c2c(Cc3ccccc3Oc3ccccc3)nn(C3CCCO3)c2[nH]1. The van der Waals surface area contributed by atoms with E-state index >= 15 is 0 Å². The second-order valence-corrected chi connectivity index (χ2v) is 26.2. The molecular formula is C76H77FN18O6. The number of nitrogens with zero attached hydrogens (tertiary/aromatic N) is 14. The molecule has 2 saturated carbocycles. The van der Waals surface area contributed by atoms with Crippen molar-refractivity contribution in [2.24, 2.45) is 0 Å². The average Bonchev–Trinajstić information content (AvgIpc) is 1.64. The minimum atomic E-state index is -0.693. The lowest BCUT2D eigenvalue weighted by Gasteiger charge is -2.11. The Hall–Kier alpha value is -11.3. The Balaban J connectivity index is 0.000000115. The molecule has 0 amide bonds. The number of rotatable bonds is 14. The summed E-state index contributed by atoms with van der Waals surface area (Å²) < 4.78 is 32.9. The molecule has 0 spiro atoms. The summed E-state index contributed by atoms with van der Waals surface area (Å²) in [5.74, 6) is 2.66. The van der Waals surface area contributed by atoms with Crippen LogP contribution in [0.1, 0.15) is 167 Å². The number of benzene rings is 5. The summed E-state index contributed by atoms with van der Waals surface area (Å²) in [6, 6.07) is 41.3. The number of aromatic amines is 2. The Morgan fingerprint density at radius 1 is 0.604 bits per heavy atom. The van der Waals surface area contributed by atoms with Crippen molar-refractivity contribution in [3.8, 4) is 11.5 Å². The van der Waals surface area contributed by atoms with Gasteiger partial charge in [-0.05, 0) is 128 Å². The van der Waals surface area contributed by atoms with Crippen molar-refractivity contribution in [2.75, 3.05) is 25.0 Å². The highest BCUT2D eigenvalue weighted by atomic mass is 19.1. The number of halogens is 1. The van der Waals surface area contributed by atoms with Crippen molar-refractivity contribution in [1.82, 2.24) is 84.3 Å². The minimum absolute atomic E-state index is 0.0621. The lowest BCUT2D eigenvalue weighted by molar-refractivity contribution is 0.0495. The predicted octanol–water partition coefficient (Wildman–Crippen LogP) is 13.2. The van der Waals surface area contributed by atoms with Gasteiger partial charge in [0, 0.05) is 54.3 Å². The quantitative estimate of drug-likeness (QED) is 0.0581. The lowest BCUT2D eigenvalue weighted by Crippen LogP contribution is -2.23. The number of anilines is 2. The number of carbonyl (C=O) groups is 2. The molecule has 0 bridgehead atoms. The van der Waals surface area contributed by atoms with Crippen molar-refractivity contribution in [3.63, 3.8) is 0 Å². The molecule has 101 heavy (non-hydrogen) atoms. The maximum Gasteiger partial charge on any atom is 0.327 e. The van der Waals surface area contributed by atoms with Gasteiger partial charge in [-0.15, -0.1) is 0 Å². The van der Waals surface area contributed by atoms with Crippen molar-refractivity contribution >= 4 is 67.2 Å². The van der Waals surface area contributed by atoms with E-state index in [9.17, 15) is 23.6 Å². The van der Waals surface area contributed by atoms with Gasteiger partial charge in [-0.25, -0.2) is 48.4 Å². The van der Waals surface area contributed by atoms with Crippen molar-refractivity contribution in [3.05, 3.63) is 235 Å². The third-order valence-electron chi connectivity index (χ3n) is 18.8. The van der Waals surface area contributed by atoms with E-state index in [1.54, 1.807) is 24.0 Å². The Morgan fingerprint density at radius 2 is 1.29 bits per heavy atom. The molecule has 17 rings (SSSR count). The fourth-order valence-electron chi connectivity index (χ4n) is 13.8. The van der Waals surface area contributed by atoms with Crippen LogP contribution in [0.15, 0.2) is 156 Å². The largest absolute Gasteiger partial charge is 0.457 e. The van der Waals surface area contributed by atoms with Crippen LogP contribution in [-0.2, 0) is 11.2 Å². The number of aromatic nitrogens is 16. The second kappa shape index (κ2) is 29.6. The molecular weight excluding hydrogens is 1280 g/mol. The molecule has 5 aromatic carbocycles. The van der Waals surface area contributed by atoms with Gasteiger partial charge < -0.3 is 20.1 Å². The van der Waals surface area contributed by atoms with Crippen molar-refractivity contribution in [1.29, 1.82) is 0 Å². The zero-order valence-corrected chi connectivity index (χ0v) is 56.9. The van der Waals surface area contributed by atoms with Crippen LogP contribution < -0.4 is 26.6 Å². The van der Waals surface area contributed by atoms with Crippen LogP contribution in [0.4, 0.5) is 15.9 Å². The molecule has 2 aliphatic heterocycles. The van der Waals surface area contributed by atoms with E-state index in [0.717, 1.165) is 108 Å². The third-order valence-corrected chi connectivity index (χ3v) is 18.8. The summed E-state index contributed by atoms with van der Waals surface area (Å²) in [6.45, 7) is 12.1. The maximum absolute atomic E-state index is 13.8. The highest BCUT2D eigenvalue weighted by molar-refractivity contribution is 6.15. The summed E-state index contributed by atoms with van der Waals surface area (Å²) in [5, 5.41) is 28.0. The van der Waals surface area contributed by atoms with E-state index in [0.29, 0.717) is 92.4 Å². The summed E-state index contributed by atoms with van der Waals surface area (Å²) in [4.78, 5) is 80.6. The van der Waals surface area contributed by atoms with Gasteiger partial charge in [-0.3, -0.25) is 24.4 Å². The number of carbonyl (C=O) groups excluding carboxylic acids is 2. The summed E-state index contributed by atoms with van der Waals surface area (Å²) >= 11 is 0. The maximum atomic E-state index is 13.8. The number of H-pyrrole nitrogens is 2. The number of hydrogen-bond acceptors (Lipinski definition) is 18. The Morgan fingerprint density at radius 3 is 1.99 bits per heavy atom. The molecule has 25 heteroatoms. The molecule has 8 aromatic heterocycles. The Bertz CT molecular complexity index is 5290.